The van der Waals surface area contributed by atoms with Crippen molar-refractivity contribution in [1.29, 1.82) is 0 Å². The number of alkyl halides is 3. The molecule has 0 unspecified atom stereocenters. The van der Waals surface area contributed by atoms with Crippen LogP contribution in [-0.2, 0) is 0 Å². The molecular formula is C12H10F3N5. The molecule has 1 aromatic carbocycles. The summed E-state index contributed by atoms with van der Waals surface area (Å²) in [6.07, 6.45) is -2.70. The van der Waals surface area contributed by atoms with Gasteiger partial charge in [-0.05, 0) is 12.1 Å². The molecule has 0 saturated heterocycles. The van der Waals surface area contributed by atoms with Crippen molar-refractivity contribution in [2.75, 3.05) is 0 Å². The molecule has 1 heterocycles. The molecule has 4 N–H and O–H groups in total. The Labute approximate surface area is 111 Å². The second kappa shape index (κ2) is 5.16. The fourth-order valence-electron chi connectivity index (χ4n) is 1.59. The average Bonchev–Trinajstić information content (AvgIpc) is 2.42. The minimum Gasteiger partial charge on any atom is -0.394 e. The maximum absolute atomic E-state index is 12.7. The number of nitrogens with zero attached hydrogens (tertiary/aromatic N) is 3. The second-order valence-corrected chi connectivity index (χ2v) is 3.85. The van der Waals surface area contributed by atoms with Gasteiger partial charge >= 0.3 is 6.18 Å². The Morgan fingerprint density at radius 3 is 2.45 bits per heavy atom. The van der Waals surface area contributed by atoms with Gasteiger partial charge < -0.3 is 11.6 Å². The van der Waals surface area contributed by atoms with E-state index in [9.17, 15) is 13.2 Å². The van der Waals surface area contributed by atoms with Gasteiger partial charge in [-0.15, -0.1) is 0 Å². The van der Waals surface area contributed by atoms with Crippen LogP contribution in [0, 0.1) is 0 Å². The molecule has 0 aliphatic heterocycles. The molecule has 0 spiro atoms. The molecule has 0 radical (unpaired) electrons. The van der Waals surface area contributed by atoms with Crippen molar-refractivity contribution < 1.29 is 13.2 Å². The number of para-hydroxylation sites is 2. The molecular weight excluding hydrogens is 271 g/mol. The molecule has 0 amide bonds. The molecule has 0 aliphatic carbocycles. The normalized spacial score (nSPS) is 13.8. The second-order valence-electron chi connectivity index (χ2n) is 3.85. The Morgan fingerprint density at radius 1 is 1.20 bits per heavy atom. The van der Waals surface area contributed by atoms with Crippen molar-refractivity contribution in [2.24, 2.45) is 16.7 Å². The topological polar surface area (TPSA) is 90.2 Å². The van der Waals surface area contributed by atoms with Gasteiger partial charge in [0.15, 0.2) is 0 Å². The maximum atomic E-state index is 12.7. The summed E-state index contributed by atoms with van der Waals surface area (Å²) in [5.74, 6) is 4.92. The van der Waals surface area contributed by atoms with Crippen LogP contribution in [-0.4, -0.2) is 22.4 Å². The van der Waals surface area contributed by atoms with Gasteiger partial charge in [0.05, 0.1) is 29.1 Å². The van der Waals surface area contributed by atoms with Crippen LogP contribution in [0.2, 0.25) is 0 Å². The number of allylic oxidation sites excluding steroid dienone is 2. The minimum atomic E-state index is -4.70. The van der Waals surface area contributed by atoms with Crippen LogP contribution >= 0.6 is 0 Å². The van der Waals surface area contributed by atoms with Crippen LogP contribution in [0.1, 0.15) is 5.69 Å². The van der Waals surface area contributed by atoms with Crippen LogP contribution in [0.15, 0.2) is 41.3 Å². The summed E-state index contributed by atoms with van der Waals surface area (Å²) in [6, 6.07) is 6.78. The zero-order valence-electron chi connectivity index (χ0n) is 10.1. The third-order valence-electron chi connectivity index (χ3n) is 2.52. The van der Waals surface area contributed by atoms with E-state index in [2.05, 4.69) is 15.1 Å². The van der Waals surface area contributed by atoms with E-state index in [1.54, 1.807) is 24.3 Å². The highest BCUT2D eigenvalue weighted by Gasteiger charge is 2.34. The maximum Gasteiger partial charge on any atom is 0.431 e. The standard InChI is InChI=1S/C12H10F3N5/c13-12(14,15)11(16)7(5-19-17)10-6-18-8-3-1-2-4-9(8)20-10/h1-6H,16-17H2. The largest absolute Gasteiger partial charge is 0.431 e. The van der Waals surface area contributed by atoms with Crippen molar-refractivity contribution >= 4 is 22.8 Å². The lowest BCUT2D eigenvalue weighted by Crippen LogP contribution is -2.22. The third-order valence-corrected chi connectivity index (χ3v) is 2.52. The number of halogens is 3. The highest BCUT2D eigenvalue weighted by Crippen LogP contribution is 2.27. The molecule has 8 heteroatoms. The monoisotopic (exact) mass is 281 g/mol. The first-order chi connectivity index (χ1) is 9.43. The van der Waals surface area contributed by atoms with Crippen LogP contribution < -0.4 is 11.6 Å². The lowest BCUT2D eigenvalue weighted by molar-refractivity contribution is -0.0918. The molecule has 0 fully saturated rings. The average molecular weight is 281 g/mol. The van der Waals surface area contributed by atoms with Crippen LogP contribution in [0.3, 0.4) is 0 Å². The predicted molar refractivity (Wildman–Crippen MR) is 69.4 cm³/mol. The third kappa shape index (κ3) is 2.68. The van der Waals surface area contributed by atoms with Crippen molar-refractivity contribution in [1.82, 2.24) is 9.97 Å². The van der Waals surface area contributed by atoms with Gasteiger partial charge in [-0.3, -0.25) is 4.98 Å². The molecule has 5 nitrogen and oxygen atoms in total. The fraction of sp³-hybridized carbons (Fsp3) is 0.0833. The molecule has 2 aromatic rings. The molecule has 1 aromatic heterocycles. The number of fused-ring (bicyclic) bond motifs is 1. The SMILES string of the molecule is NN=CC(=C(N)C(F)(F)F)c1cnc2ccccc2n1. The van der Waals surface area contributed by atoms with E-state index in [0.717, 1.165) is 6.21 Å². The smallest absolute Gasteiger partial charge is 0.394 e. The minimum absolute atomic E-state index is 0.0484. The molecule has 104 valence electrons. The highest BCUT2D eigenvalue weighted by molar-refractivity contribution is 6.10. The van der Waals surface area contributed by atoms with E-state index in [1.165, 1.54) is 6.20 Å². The zero-order chi connectivity index (χ0) is 14.8. The van der Waals surface area contributed by atoms with Gasteiger partial charge in [-0.2, -0.15) is 18.3 Å². The number of nitrogens with two attached hydrogens (primary N) is 2. The summed E-state index contributed by atoms with van der Waals surface area (Å²) < 4.78 is 38.1. The Kier molecular flexibility index (Phi) is 3.55. The van der Waals surface area contributed by atoms with E-state index in [-0.39, 0.29) is 5.69 Å². The van der Waals surface area contributed by atoms with Gasteiger partial charge in [0.2, 0.25) is 0 Å². The first-order valence-electron chi connectivity index (χ1n) is 5.46. The van der Waals surface area contributed by atoms with Crippen LogP contribution in [0.4, 0.5) is 13.2 Å². The summed E-state index contributed by atoms with van der Waals surface area (Å²) in [7, 11) is 0. The number of aromatic nitrogens is 2. The van der Waals surface area contributed by atoms with Crippen molar-refractivity contribution in [3.05, 3.63) is 41.9 Å². The van der Waals surface area contributed by atoms with E-state index in [0.29, 0.717) is 11.0 Å². The zero-order valence-corrected chi connectivity index (χ0v) is 10.1. The number of hydrazone groups is 1. The van der Waals surface area contributed by atoms with Crippen LogP contribution in [0.25, 0.3) is 16.6 Å². The van der Waals surface area contributed by atoms with Gasteiger partial charge in [0.1, 0.15) is 5.70 Å². The Morgan fingerprint density at radius 2 is 1.85 bits per heavy atom. The highest BCUT2D eigenvalue weighted by atomic mass is 19.4. The lowest BCUT2D eigenvalue weighted by atomic mass is 10.1. The number of rotatable bonds is 2. The van der Waals surface area contributed by atoms with Crippen molar-refractivity contribution in [3.8, 4) is 0 Å². The van der Waals surface area contributed by atoms with Crippen molar-refractivity contribution in [3.63, 3.8) is 0 Å². The van der Waals surface area contributed by atoms with Crippen molar-refractivity contribution in [2.45, 2.75) is 6.18 Å². The molecule has 0 atom stereocenters. The number of benzene rings is 1. The van der Waals surface area contributed by atoms with E-state index >= 15 is 0 Å². The quantitative estimate of drug-likeness (QED) is 0.499. The van der Waals surface area contributed by atoms with Gasteiger partial charge in [-0.1, -0.05) is 12.1 Å². The van der Waals surface area contributed by atoms with Gasteiger partial charge in [0.25, 0.3) is 0 Å². The van der Waals surface area contributed by atoms with E-state index < -0.39 is 17.4 Å². The summed E-state index contributed by atoms with van der Waals surface area (Å²) in [5, 5.41) is 3.10. The van der Waals surface area contributed by atoms with Gasteiger partial charge in [0, 0.05) is 5.57 Å². The first-order valence-corrected chi connectivity index (χ1v) is 5.46. The molecule has 20 heavy (non-hydrogen) atoms. The number of hydrogen-bond acceptors (Lipinski definition) is 5. The summed E-state index contributed by atoms with van der Waals surface area (Å²) in [4.78, 5) is 8.11. The van der Waals surface area contributed by atoms with E-state index in [1.807, 2.05) is 0 Å². The molecule has 0 saturated carbocycles. The van der Waals surface area contributed by atoms with E-state index in [4.69, 9.17) is 11.6 Å². The van der Waals surface area contributed by atoms with Crippen LogP contribution in [0.5, 0.6) is 0 Å². The summed E-state index contributed by atoms with van der Waals surface area (Å²) in [6.45, 7) is 0. The van der Waals surface area contributed by atoms with Gasteiger partial charge in [-0.25, -0.2) is 4.98 Å². The Hall–Kier alpha value is -2.64. The number of hydrogen-bond donors (Lipinski definition) is 2. The fourth-order valence-corrected chi connectivity index (χ4v) is 1.59. The summed E-state index contributed by atoms with van der Waals surface area (Å²) in [5.41, 5.74) is 4.32. The summed E-state index contributed by atoms with van der Waals surface area (Å²) >= 11 is 0. The Balaban J connectivity index is 2.64. The lowest BCUT2D eigenvalue weighted by Gasteiger charge is -2.11. The molecule has 2 rings (SSSR count). The molecule has 0 aliphatic rings. The first kappa shape index (κ1) is 13.8. The Bertz CT molecular complexity index is 691. The predicted octanol–water partition coefficient (Wildman–Crippen LogP) is 1.81. The molecule has 0 bridgehead atoms.